The van der Waals surface area contributed by atoms with E-state index in [9.17, 15) is 8.42 Å². The quantitative estimate of drug-likeness (QED) is 0.905. The van der Waals surface area contributed by atoms with Crippen molar-refractivity contribution in [2.75, 3.05) is 36.5 Å². The molecule has 0 bridgehead atoms. The Balaban J connectivity index is 1.96. The van der Waals surface area contributed by atoms with Crippen molar-refractivity contribution < 1.29 is 8.42 Å². The zero-order chi connectivity index (χ0) is 14.2. The number of aromatic nitrogens is 2. The van der Waals surface area contributed by atoms with E-state index < -0.39 is 9.84 Å². The number of hydrogen-bond donors (Lipinski definition) is 1. The largest absolute Gasteiger partial charge is 0.354 e. The maximum atomic E-state index is 11.7. The summed E-state index contributed by atoms with van der Waals surface area (Å²) in [7, 11) is -0.986. The van der Waals surface area contributed by atoms with E-state index in [1.54, 1.807) is 11.3 Å². The topological polar surface area (TPSA) is 66.7 Å². The van der Waals surface area contributed by atoms with Crippen LogP contribution in [0.25, 0.3) is 4.96 Å². The number of nitrogens with zero attached hydrogens (tertiary/aromatic N) is 3. The standard InChI is InChI=1S/C12H18N4O2S2/c1-13-9-10-11(14-12-16(10)4-6-19-12)15-3-2-7-20(17,18)8-5-15/h4,6,13H,2-3,5,7-9H2,1H3. The molecule has 20 heavy (non-hydrogen) atoms. The lowest BCUT2D eigenvalue weighted by atomic mass is 10.3. The molecule has 3 rings (SSSR count). The summed E-state index contributed by atoms with van der Waals surface area (Å²) < 4.78 is 25.5. The van der Waals surface area contributed by atoms with Gasteiger partial charge < -0.3 is 10.2 Å². The summed E-state index contributed by atoms with van der Waals surface area (Å²) in [4.78, 5) is 7.74. The van der Waals surface area contributed by atoms with E-state index in [4.69, 9.17) is 0 Å². The zero-order valence-electron chi connectivity index (χ0n) is 11.4. The van der Waals surface area contributed by atoms with Crippen LogP contribution in [-0.4, -0.2) is 49.4 Å². The van der Waals surface area contributed by atoms with Gasteiger partial charge in [0.25, 0.3) is 0 Å². The Morgan fingerprint density at radius 1 is 1.40 bits per heavy atom. The summed E-state index contributed by atoms with van der Waals surface area (Å²) in [5.74, 6) is 1.42. The molecule has 0 unspecified atom stereocenters. The number of fused-ring (bicyclic) bond motifs is 1. The first kappa shape index (κ1) is 13.8. The van der Waals surface area contributed by atoms with Gasteiger partial charge in [-0.2, -0.15) is 0 Å². The van der Waals surface area contributed by atoms with Crippen LogP contribution in [0.4, 0.5) is 5.82 Å². The van der Waals surface area contributed by atoms with Crippen LogP contribution in [0.2, 0.25) is 0 Å². The SMILES string of the molecule is CNCc1c(N2CCCS(=O)(=O)CC2)nc2sccn12. The smallest absolute Gasteiger partial charge is 0.195 e. The molecule has 8 heteroatoms. The molecule has 0 aromatic carbocycles. The fraction of sp³-hybridized carbons (Fsp3) is 0.583. The third-order valence-corrected chi connectivity index (χ3v) is 6.01. The fourth-order valence-electron chi connectivity index (χ4n) is 2.56. The Bertz CT molecular complexity index is 704. The zero-order valence-corrected chi connectivity index (χ0v) is 13.0. The van der Waals surface area contributed by atoms with Crippen molar-refractivity contribution in [3.8, 4) is 0 Å². The van der Waals surface area contributed by atoms with Crippen LogP contribution in [0.5, 0.6) is 0 Å². The van der Waals surface area contributed by atoms with Crippen molar-refractivity contribution in [3.05, 3.63) is 17.3 Å². The summed E-state index contributed by atoms with van der Waals surface area (Å²) in [6.45, 7) is 2.00. The molecule has 2 aromatic heterocycles. The minimum absolute atomic E-state index is 0.219. The molecular formula is C12H18N4O2S2. The van der Waals surface area contributed by atoms with Gasteiger partial charge in [-0.1, -0.05) is 0 Å². The van der Waals surface area contributed by atoms with Crippen molar-refractivity contribution in [1.29, 1.82) is 0 Å². The van der Waals surface area contributed by atoms with Crippen molar-refractivity contribution >= 4 is 32.0 Å². The fourth-order valence-corrected chi connectivity index (χ4v) is 4.56. The van der Waals surface area contributed by atoms with Gasteiger partial charge in [-0.05, 0) is 13.5 Å². The van der Waals surface area contributed by atoms with Gasteiger partial charge in [0.05, 0.1) is 17.2 Å². The first-order chi connectivity index (χ1) is 9.61. The van der Waals surface area contributed by atoms with E-state index in [1.165, 1.54) is 0 Å². The molecule has 1 N–H and O–H groups in total. The van der Waals surface area contributed by atoms with Gasteiger partial charge in [-0.15, -0.1) is 11.3 Å². The van der Waals surface area contributed by atoms with Crippen LogP contribution in [-0.2, 0) is 16.4 Å². The molecule has 1 fully saturated rings. The van der Waals surface area contributed by atoms with Crippen LogP contribution in [0, 0.1) is 0 Å². The maximum absolute atomic E-state index is 11.7. The Morgan fingerprint density at radius 3 is 3.05 bits per heavy atom. The number of hydrogen-bond acceptors (Lipinski definition) is 6. The van der Waals surface area contributed by atoms with Crippen LogP contribution >= 0.6 is 11.3 Å². The molecule has 2 aromatic rings. The van der Waals surface area contributed by atoms with Gasteiger partial charge in [0, 0.05) is 31.2 Å². The van der Waals surface area contributed by atoms with Crippen molar-refractivity contribution in [2.24, 2.45) is 0 Å². The minimum atomic E-state index is -2.89. The van der Waals surface area contributed by atoms with Crippen LogP contribution in [0.1, 0.15) is 12.1 Å². The third kappa shape index (κ3) is 2.55. The molecule has 0 spiro atoms. The van der Waals surface area contributed by atoms with Gasteiger partial charge >= 0.3 is 0 Å². The number of sulfone groups is 1. The predicted molar refractivity (Wildman–Crippen MR) is 81.3 cm³/mol. The van der Waals surface area contributed by atoms with E-state index in [2.05, 4.69) is 19.6 Å². The number of anilines is 1. The predicted octanol–water partition coefficient (Wildman–Crippen LogP) is 0.740. The second-order valence-electron chi connectivity index (χ2n) is 4.96. The Labute approximate surface area is 122 Å². The first-order valence-electron chi connectivity index (χ1n) is 6.65. The Kier molecular flexibility index (Phi) is 3.70. The first-order valence-corrected chi connectivity index (χ1v) is 9.35. The lowest BCUT2D eigenvalue weighted by Crippen LogP contribution is -2.28. The number of imidazole rings is 1. The van der Waals surface area contributed by atoms with Crippen LogP contribution in [0.15, 0.2) is 11.6 Å². The van der Waals surface area contributed by atoms with Gasteiger partial charge in [0.1, 0.15) is 0 Å². The molecule has 1 saturated heterocycles. The summed E-state index contributed by atoms with van der Waals surface area (Å²) in [5, 5.41) is 5.17. The lowest BCUT2D eigenvalue weighted by molar-refractivity contribution is 0.597. The number of rotatable bonds is 3. The second kappa shape index (κ2) is 5.34. The summed E-state index contributed by atoms with van der Waals surface area (Å²) in [6, 6.07) is 0. The molecule has 0 atom stereocenters. The van der Waals surface area contributed by atoms with E-state index in [-0.39, 0.29) is 11.5 Å². The highest BCUT2D eigenvalue weighted by molar-refractivity contribution is 7.91. The summed E-state index contributed by atoms with van der Waals surface area (Å²) >= 11 is 1.60. The average Bonchev–Trinajstić information content (AvgIpc) is 2.91. The molecule has 0 saturated carbocycles. The Hall–Kier alpha value is -1.12. The van der Waals surface area contributed by atoms with Crippen molar-refractivity contribution in [1.82, 2.24) is 14.7 Å². The maximum Gasteiger partial charge on any atom is 0.195 e. The van der Waals surface area contributed by atoms with Gasteiger partial charge in [0.15, 0.2) is 20.6 Å². The highest BCUT2D eigenvalue weighted by atomic mass is 32.2. The molecule has 6 nitrogen and oxygen atoms in total. The van der Waals surface area contributed by atoms with E-state index in [0.717, 1.165) is 29.6 Å². The van der Waals surface area contributed by atoms with Crippen molar-refractivity contribution in [2.45, 2.75) is 13.0 Å². The molecule has 1 aliphatic rings. The van der Waals surface area contributed by atoms with Crippen molar-refractivity contribution in [3.63, 3.8) is 0 Å². The Morgan fingerprint density at radius 2 is 2.25 bits per heavy atom. The number of thiazole rings is 1. The summed E-state index contributed by atoms with van der Waals surface area (Å²) in [5.41, 5.74) is 1.10. The normalized spacial score (nSPS) is 19.4. The molecule has 1 aliphatic heterocycles. The minimum Gasteiger partial charge on any atom is -0.354 e. The van der Waals surface area contributed by atoms with Gasteiger partial charge in [-0.3, -0.25) is 4.40 Å². The highest BCUT2D eigenvalue weighted by Gasteiger charge is 2.24. The monoisotopic (exact) mass is 314 g/mol. The molecular weight excluding hydrogens is 296 g/mol. The van der Waals surface area contributed by atoms with Crippen LogP contribution in [0.3, 0.4) is 0 Å². The second-order valence-corrected chi connectivity index (χ2v) is 8.14. The summed E-state index contributed by atoms with van der Waals surface area (Å²) in [6.07, 6.45) is 2.68. The molecule has 110 valence electrons. The molecule has 0 amide bonds. The lowest BCUT2D eigenvalue weighted by Gasteiger charge is -2.20. The highest BCUT2D eigenvalue weighted by Crippen LogP contribution is 2.25. The van der Waals surface area contributed by atoms with E-state index >= 15 is 0 Å². The van der Waals surface area contributed by atoms with Crippen LogP contribution < -0.4 is 10.2 Å². The molecule has 0 aliphatic carbocycles. The number of nitrogens with one attached hydrogen (secondary N) is 1. The van der Waals surface area contributed by atoms with Gasteiger partial charge in [0.2, 0.25) is 0 Å². The molecule has 0 radical (unpaired) electrons. The third-order valence-electron chi connectivity index (χ3n) is 3.54. The van der Waals surface area contributed by atoms with E-state index in [0.29, 0.717) is 13.0 Å². The van der Waals surface area contributed by atoms with Gasteiger partial charge in [-0.25, -0.2) is 13.4 Å². The van der Waals surface area contributed by atoms with E-state index in [1.807, 2.05) is 18.6 Å². The molecule has 3 heterocycles. The average molecular weight is 314 g/mol.